The SMILES string of the molecule is Cc1ncc(C(F)(F)F)s1.Cn1ncc(S(=O)N(CC(F)(F)F)C2CCC3=Cc4c(cnn4-c4ccc(F)cc4)CC3(C=O)C2)n1. The normalized spacial score (nSPS) is 20.3. The molecule has 3 heterocycles. The maximum atomic E-state index is 13.5. The van der Waals surface area contributed by atoms with Crippen LogP contribution in [0.5, 0.6) is 0 Å². The van der Waals surface area contributed by atoms with Crippen molar-refractivity contribution in [3.63, 3.8) is 0 Å². The lowest BCUT2D eigenvalue weighted by molar-refractivity contribution is -0.140. The number of carbonyl (C=O) groups is 1. The molecule has 18 heteroatoms. The summed E-state index contributed by atoms with van der Waals surface area (Å²) in [6, 6.07) is 5.07. The van der Waals surface area contributed by atoms with E-state index in [1.807, 2.05) is 6.08 Å². The van der Waals surface area contributed by atoms with E-state index in [1.54, 1.807) is 29.9 Å². The predicted octanol–water partition coefficient (Wildman–Crippen LogP) is 5.87. The molecule has 2 aliphatic rings. The fraction of sp³-hybridized carbons (Fsp3) is 0.393. The van der Waals surface area contributed by atoms with Crippen molar-refractivity contribution in [2.45, 2.75) is 56.0 Å². The van der Waals surface area contributed by atoms with Gasteiger partial charge in [-0.3, -0.25) is 0 Å². The van der Waals surface area contributed by atoms with Crippen LogP contribution in [0, 0.1) is 18.2 Å². The van der Waals surface area contributed by atoms with Crippen LogP contribution < -0.4 is 0 Å². The molecule has 4 aromatic rings. The van der Waals surface area contributed by atoms with E-state index in [1.165, 1.54) is 25.4 Å². The molecule has 3 aromatic heterocycles. The maximum absolute atomic E-state index is 13.5. The molecule has 0 N–H and O–H groups in total. The molecule has 6 rings (SSSR count). The Hall–Kier alpha value is -3.77. The van der Waals surface area contributed by atoms with Crippen molar-refractivity contribution in [3.8, 4) is 5.69 Å². The van der Waals surface area contributed by atoms with Gasteiger partial charge >= 0.3 is 12.4 Å². The molecule has 1 aromatic carbocycles. The van der Waals surface area contributed by atoms with E-state index in [0.717, 1.165) is 38.4 Å². The van der Waals surface area contributed by atoms with Gasteiger partial charge in [-0.25, -0.2) is 22.6 Å². The Morgan fingerprint density at radius 3 is 2.37 bits per heavy atom. The predicted molar refractivity (Wildman–Crippen MR) is 153 cm³/mol. The highest BCUT2D eigenvalue weighted by molar-refractivity contribution is 7.82. The summed E-state index contributed by atoms with van der Waals surface area (Å²) < 4.78 is 105. The van der Waals surface area contributed by atoms with E-state index in [2.05, 4.69) is 20.3 Å². The van der Waals surface area contributed by atoms with Crippen LogP contribution in [0.25, 0.3) is 11.8 Å². The first-order chi connectivity index (χ1) is 21.6. The summed E-state index contributed by atoms with van der Waals surface area (Å²) in [6.45, 7) is 0.141. The highest BCUT2D eigenvalue weighted by atomic mass is 32.2. The molecule has 0 bridgehead atoms. The van der Waals surface area contributed by atoms with Gasteiger partial charge in [0.05, 0.1) is 40.4 Å². The lowest BCUT2D eigenvalue weighted by atomic mass is 9.64. The number of rotatable bonds is 6. The number of benzene rings is 1. The van der Waals surface area contributed by atoms with Crippen LogP contribution in [0.3, 0.4) is 0 Å². The van der Waals surface area contributed by atoms with Gasteiger partial charge in [0.25, 0.3) is 0 Å². The largest absolute Gasteiger partial charge is 0.427 e. The maximum Gasteiger partial charge on any atom is 0.427 e. The summed E-state index contributed by atoms with van der Waals surface area (Å²) in [5.74, 6) is -0.376. The van der Waals surface area contributed by atoms with E-state index >= 15 is 0 Å². The van der Waals surface area contributed by atoms with E-state index in [4.69, 9.17) is 0 Å². The van der Waals surface area contributed by atoms with Crippen molar-refractivity contribution in [1.82, 2.24) is 34.1 Å². The molecule has 0 spiro atoms. The molecule has 3 unspecified atom stereocenters. The van der Waals surface area contributed by atoms with Gasteiger partial charge in [-0.05, 0) is 68.5 Å². The van der Waals surface area contributed by atoms with Crippen LogP contribution >= 0.6 is 11.3 Å². The lowest BCUT2D eigenvalue weighted by Crippen LogP contribution is -2.49. The summed E-state index contributed by atoms with van der Waals surface area (Å²) in [7, 11) is -0.723. The molecule has 46 heavy (non-hydrogen) atoms. The number of halogens is 7. The topological polar surface area (TPSA) is 98.8 Å². The minimum atomic E-state index is -4.60. The second kappa shape index (κ2) is 12.8. The van der Waals surface area contributed by atoms with Gasteiger partial charge in [-0.2, -0.15) is 41.3 Å². The molecular formula is C28H26F7N7O2S2. The average Bonchev–Trinajstić information content (AvgIpc) is 3.74. The van der Waals surface area contributed by atoms with Crippen LogP contribution in [0.1, 0.15) is 40.4 Å². The number of thiazole rings is 1. The summed E-state index contributed by atoms with van der Waals surface area (Å²) in [5, 5.41) is 12.5. The minimum Gasteiger partial charge on any atom is -0.302 e. The monoisotopic (exact) mass is 689 g/mol. The van der Waals surface area contributed by atoms with Crippen LogP contribution in [0.4, 0.5) is 30.7 Å². The number of aryl methyl sites for hydroxylation is 2. The van der Waals surface area contributed by atoms with Gasteiger partial charge in [-0.15, -0.1) is 16.4 Å². The Morgan fingerprint density at radius 1 is 1.11 bits per heavy atom. The fourth-order valence-electron chi connectivity index (χ4n) is 5.53. The highest BCUT2D eigenvalue weighted by Gasteiger charge is 2.48. The molecule has 1 saturated carbocycles. The molecule has 9 nitrogen and oxygen atoms in total. The van der Waals surface area contributed by atoms with Gasteiger partial charge < -0.3 is 4.79 Å². The zero-order chi connectivity index (χ0) is 33.4. The van der Waals surface area contributed by atoms with E-state index < -0.39 is 46.2 Å². The Labute approximate surface area is 264 Å². The van der Waals surface area contributed by atoms with Crippen molar-refractivity contribution in [3.05, 3.63) is 75.4 Å². The number of aldehydes is 1. The molecular weight excluding hydrogens is 663 g/mol. The van der Waals surface area contributed by atoms with E-state index in [0.29, 0.717) is 28.5 Å². The number of fused-ring (bicyclic) bond motifs is 2. The quantitative estimate of drug-likeness (QED) is 0.186. The van der Waals surface area contributed by atoms with Gasteiger partial charge in [0, 0.05) is 13.1 Å². The Morgan fingerprint density at radius 2 is 1.83 bits per heavy atom. The van der Waals surface area contributed by atoms with Crippen LogP contribution in [-0.2, 0) is 35.4 Å². The average molecular weight is 690 g/mol. The minimum absolute atomic E-state index is 0.0743. The number of nitrogens with zero attached hydrogens (tertiary/aromatic N) is 7. The standard InChI is InChI=1S/C23H22F4N6O2S.C5H4F3NS/c1-31-28-12-21(30-31)36(35)32(13-23(25,26)27)19-5-2-16-8-20-15(9-22(16,10-19)14-34)11-29-33(20)18-6-3-17(24)4-7-18;1-3-9-2-4(10-3)5(6,7)8/h3-4,6-8,11-12,14,19H,2,5,9-10,13H2,1H3;2H,1H3. The van der Waals surface area contributed by atoms with Gasteiger partial charge in [0.1, 0.15) is 23.5 Å². The molecule has 0 saturated heterocycles. The zero-order valence-electron chi connectivity index (χ0n) is 24.2. The molecule has 2 aliphatic carbocycles. The first-order valence-corrected chi connectivity index (χ1v) is 15.6. The lowest BCUT2D eigenvalue weighted by Gasteiger charge is -2.44. The fourth-order valence-corrected chi connectivity index (χ4v) is 7.46. The third-order valence-corrected chi connectivity index (χ3v) is 9.96. The van der Waals surface area contributed by atoms with Crippen LogP contribution in [0.2, 0.25) is 0 Å². The van der Waals surface area contributed by atoms with Crippen molar-refractivity contribution in [2.24, 2.45) is 12.5 Å². The molecule has 3 atom stereocenters. The zero-order valence-corrected chi connectivity index (χ0v) is 25.9. The van der Waals surface area contributed by atoms with Crippen molar-refractivity contribution in [1.29, 1.82) is 0 Å². The molecule has 0 amide bonds. The summed E-state index contributed by atoms with van der Waals surface area (Å²) >= 11 is 0.659. The van der Waals surface area contributed by atoms with Gasteiger partial charge in [0.15, 0.2) is 16.0 Å². The van der Waals surface area contributed by atoms with E-state index in [-0.39, 0.29) is 30.1 Å². The number of hydrogen-bond donors (Lipinski definition) is 0. The van der Waals surface area contributed by atoms with E-state index in [9.17, 15) is 39.7 Å². The number of hydrogen-bond acceptors (Lipinski definition) is 7. The molecule has 0 aliphatic heterocycles. The molecule has 0 radical (unpaired) electrons. The summed E-state index contributed by atoms with van der Waals surface area (Å²) in [5.41, 5.74) is 1.92. The Bertz CT molecular complexity index is 1760. The highest BCUT2D eigenvalue weighted by Crippen LogP contribution is 2.48. The summed E-state index contributed by atoms with van der Waals surface area (Å²) in [4.78, 5) is 16.5. The third-order valence-electron chi connectivity index (χ3n) is 7.60. The van der Waals surface area contributed by atoms with Crippen LogP contribution in [0.15, 0.2) is 53.5 Å². The number of alkyl halides is 6. The first-order valence-electron chi connectivity index (χ1n) is 13.7. The number of aromatic nitrogens is 6. The Balaban J connectivity index is 0.000000356. The van der Waals surface area contributed by atoms with Gasteiger partial charge in [-0.1, -0.05) is 5.57 Å². The molecule has 1 fully saturated rings. The smallest absolute Gasteiger partial charge is 0.302 e. The Kier molecular flexibility index (Phi) is 9.34. The molecule has 246 valence electrons. The number of carbonyl (C=O) groups excluding carboxylic acids is 1. The van der Waals surface area contributed by atoms with Crippen molar-refractivity contribution in [2.75, 3.05) is 6.54 Å². The van der Waals surface area contributed by atoms with Gasteiger partial charge in [0.2, 0.25) is 0 Å². The second-order valence-corrected chi connectivity index (χ2v) is 13.4. The second-order valence-electron chi connectivity index (χ2n) is 10.8. The van der Waals surface area contributed by atoms with Crippen LogP contribution in [-0.4, -0.2) is 63.3 Å². The third kappa shape index (κ3) is 7.28. The first kappa shape index (κ1) is 33.6. The number of allylic oxidation sites excluding steroid dienone is 1. The van der Waals surface area contributed by atoms with Crippen molar-refractivity contribution < 1.29 is 39.7 Å². The van der Waals surface area contributed by atoms with Crippen molar-refractivity contribution >= 4 is 34.7 Å². The summed E-state index contributed by atoms with van der Waals surface area (Å²) in [6.07, 6.45) is -1.57.